The summed E-state index contributed by atoms with van der Waals surface area (Å²) in [6, 6.07) is 9.14. The number of anilines is 2. The van der Waals surface area contributed by atoms with Crippen molar-refractivity contribution in [3.05, 3.63) is 86.6 Å². The lowest BCUT2D eigenvalue weighted by Gasteiger charge is -2.35. The van der Waals surface area contributed by atoms with Crippen LogP contribution in [-0.2, 0) is 4.65 Å². The highest BCUT2D eigenvalue weighted by Crippen LogP contribution is 2.41. The minimum Gasteiger partial charge on any atom is -0.627 e. The number of allylic oxidation sites excluding steroid dienone is 3. The molecular formula is C43H57B2F4N3O8. The standard InChI is InChI=1S/C31H29B2F4N2O8.C12H27N/c1-5-38(6-2)18-12-14-20-24(16-18)43-30(41)26(28(20)45-32(34)35)22(40)10-9-11-23-27-29(47-33(36,37)46-23)21-15-13-19(39(7-3)8-4)17-25(21)44-31(27)42;1-4-7-10-13(11-8-5-2)12-9-6-3/h9-17H,5-8H2,1-4H3;4-12H2,1-3H3/q-1;/p+1/b10-9+,23-11-;. The Hall–Kier alpha value is -5.18. The summed E-state index contributed by atoms with van der Waals surface area (Å²) < 4.78 is 81.0. The molecule has 0 unspecified atom stereocenters. The van der Waals surface area contributed by atoms with Gasteiger partial charge in [0.2, 0.25) is 0 Å². The molecule has 0 amide bonds. The van der Waals surface area contributed by atoms with Gasteiger partial charge in [-0.05, 0) is 83.4 Å². The maximum atomic E-state index is 14.7. The van der Waals surface area contributed by atoms with E-state index in [1.165, 1.54) is 82.4 Å². The second-order valence-corrected chi connectivity index (χ2v) is 14.4. The first-order valence-electron chi connectivity index (χ1n) is 21.1. The minimum absolute atomic E-state index is 0.00975. The van der Waals surface area contributed by atoms with Crippen LogP contribution < -0.4 is 35.3 Å². The third-order valence-electron chi connectivity index (χ3n) is 10.3. The Bertz CT molecular complexity index is 2220. The van der Waals surface area contributed by atoms with E-state index in [0.29, 0.717) is 37.6 Å². The predicted octanol–water partition coefficient (Wildman–Crippen LogP) is 8.73. The Balaban J connectivity index is 0.000000526. The molecule has 3 heterocycles. The van der Waals surface area contributed by atoms with Gasteiger partial charge in [0, 0.05) is 49.7 Å². The maximum absolute atomic E-state index is 14.7. The Labute approximate surface area is 349 Å². The molecular weight excluding hydrogens is 784 g/mol. The maximum Gasteiger partial charge on any atom is 0.796 e. The van der Waals surface area contributed by atoms with E-state index in [4.69, 9.17) is 13.5 Å². The molecule has 326 valence electrons. The summed E-state index contributed by atoms with van der Waals surface area (Å²) >= 11 is 0. The van der Waals surface area contributed by atoms with E-state index in [-0.39, 0.29) is 21.9 Å². The van der Waals surface area contributed by atoms with Crippen LogP contribution in [0.25, 0.3) is 27.7 Å². The fraction of sp³-hybridized carbons (Fsp3) is 0.465. The molecule has 1 aliphatic heterocycles. The number of carbonyl (C=O) groups excluding carboxylic acids is 1. The Morgan fingerprint density at radius 2 is 1.25 bits per heavy atom. The van der Waals surface area contributed by atoms with Gasteiger partial charge in [-0.15, -0.1) is 0 Å². The molecule has 11 nitrogen and oxygen atoms in total. The number of rotatable bonds is 20. The quantitative estimate of drug-likeness (QED) is 0.0305. The van der Waals surface area contributed by atoms with Crippen molar-refractivity contribution in [2.75, 3.05) is 55.6 Å². The molecule has 2 aromatic carbocycles. The van der Waals surface area contributed by atoms with Crippen LogP contribution >= 0.6 is 0 Å². The molecule has 5 rings (SSSR count). The minimum atomic E-state index is -4.96. The highest BCUT2D eigenvalue weighted by atomic mass is 19.3. The summed E-state index contributed by atoms with van der Waals surface area (Å²) in [6.45, 7) is 21.3. The number of halogens is 4. The topological polar surface area (TPSA) is 116 Å². The van der Waals surface area contributed by atoms with E-state index < -0.39 is 60.0 Å². The number of hydrogen-bond acceptors (Lipinski definition) is 10. The van der Waals surface area contributed by atoms with Crippen molar-refractivity contribution in [3.63, 3.8) is 0 Å². The van der Waals surface area contributed by atoms with Crippen LogP contribution in [0.15, 0.2) is 73.0 Å². The summed E-state index contributed by atoms with van der Waals surface area (Å²) in [7, 11) is -8.35. The molecule has 0 saturated carbocycles. The smallest absolute Gasteiger partial charge is 0.627 e. The monoisotopic (exact) mass is 841 g/mol. The van der Waals surface area contributed by atoms with Crippen LogP contribution in [0.3, 0.4) is 0 Å². The predicted molar refractivity (Wildman–Crippen MR) is 232 cm³/mol. The zero-order valence-corrected chi connectivity index (χ0v) is 35.7. The molecule has 0 saturated heterocycles. The lowest BCUT2D eigenvalue weighted by atomic mass is 10.0. The van der Waals surface area contributed by atoms with Crippen LogP contribution in [0.2, 0.25) is 0 Å². The second kappa shape index (κ2) is 22.4. The van der Waals surface area contributed by atoms with Gasteiger partial charge in [-0.1, -0.05) is 46.1 Å². The van der Waals surface area contributed by atoms with Crippen molar-refractivity contribution in [1.82, 2.24) is 0 Å². The summed E-state index contributed by atoms with van der Waals surface area (Å²) in [5.74, 6) is -3.00. The first kappa shape index (κ1) is 47.5. The summed E-state index contributed by atoms with van der Waals surface area (Å²) in [4.78, 5) is 44.8. The fourth-order valence-corrected chi connectivity index (χ4v) is 7.10. The van der Waals surface area contributed by atoms with Crippen LogP contribution in [0.5, 0.6) is 11.5 Å². The van der Waals surface area contributed by atoms with Gasteiger partial charge in [0.15, 0.2) is 5.78 Å². The number of hydrogen-bond donors (Lipinski definition) is 1. The summed E-state index contributed by atoms with van der Waals surface area (Å²) in [5.41, 5.74) is -2.34. The molecule has 0 bridgehead atoms. The van der Waals surface area contributed by atoms with E-state index in [0.717, 1.165) is 18.2 Å². The molecule has 0 fully saturated rings. The van der Waals surface area contributed by atoms with Gasteiger partial charge in [-0.25, -0.2) is 18.2 Å². The van der Waals surface area contributed by atoms with Gasteiger partial charge >= 0.3 is 25.8 Å². The van der Waals surface area contributed by atoms with E-state index in [1.54, 1.807) is 12.1 Å². The van der Waals surface area contributed by atoms with Crippen molar-refractivity contribution < 1.29 is 49.8 Å². The van der Waals surface area contributed by atoms with Crippen molar-refractivity contribution >= 4 is 59.4 Å². The first-order chi connectivity index (χ1) is 28.7. The zero-order valence-electron chi connectivity index (χ0n) is 35.7. The number of unbranched alkanes of at least 4 members (excludes halogenated alkanes) is 3. The van der Waals surface area contributed by atoms with Gasteiger partial charge in [0.1, 0.15) is 33.8 Å². The number of nitrogens with one attached hydrogen (secondary N) is 1. The number of nitrogens with zero attached hydrogens (tertiary/aromatic N) is 2. The zero-order chi connectivity index (χ0) is 44.0. The fourth-order valence-electron chi connectivity index (χ4n) is 7.10. The van der Waals surface area contributed by atoms with Crippen molar-refractivity contribution in [1.29, 1.82) is 0 Å². The van der Waals surface area contributed by atoms with Crippen molar-refractivity contribution in [3.8, 4) is 11.5 Å². The van der Waals surface area contributed by atoms with Gasteiger partial charge in [-0.3, -0.25) is 4.79 Å². The Kier molecular flexibility index (Phi) is 17.8. The van der Waals surface area contributed by atoms with Crippen molar-refractivity contribution in [2.45, 2.75) is 87.0 Å². The molecule has 0 atom stereocenters. The van der Waals surface area contributed by atoms with Gasteiger partial charge in [-0.2, -0.15) is 0 Å². The molecule has 60 heavy (non-hydrogen) atoms. The van der Waals surface area contributed by atoms with Gasteiger partial charge in [0.05, 0.1) is 36.2 Å². The summed E-state index contributed by atoms with van der Waals surface area (Å²) in [5, 5.41) is 0.0200. The molecule has 0 aliphatic carbocycles. The number of carbonyl (C=O) groups is 1. The van der Waals surface area contributed by atoms with E-state index in [9.17, 15) is 31.6 Å². The largest absolute Gasteiger partial charge is 0.796 e. The molecule has 2 aromatic heterocycles. The first-order valence-corrected chi connectivity index (χ1v) is 21.1. The van der Waals surface area contributed by atoms with Crippen LogP contribution in [0, 0.1) is 0 Å². The van der Waals surface area contributed by atoms with E-state index >= 15 is 0 Å². The Morgan fingerprint density at radius 3 is 1.75 bits per heavy atom. The highest BCUT2D eigenvalue weighted by molar-refractivity contribution is 6.54. The third-order valence-corrected chi connectivity index (χ3v) is 10.3. The van der Waals surface area contributed by atoms with Gasteiger partial charge in [0.25, 0.3) is 0 Å². The molecule has 0 spiro atoms. The molecule has 1 aliphatic rings. The Morgan fingerprint density at radius 1 is 0.750 bits per heavy atom. The number of benzene rings is 2. The van der Waals surface area contributed by atoms with E-state index in [2.05, 4.69) is 30.1 Å². The SMILES string of the molecule is CCCC[NH+](CCCC)CCCC.CCN(CC)c1ccc2c(OB(F)F)c(C(=O)/C=C/C=C3\O[B-](F)(F)Oc4c3c(=O)oc3cc(N(CC)CC)ccc43)c(=O)oc2c1. The van der Waals surface area contributed by atoms with E-state index in [1.807, 2.05) is 42.4 Å². The average molecular weight is 842 g/mol. The van der Waals surface area contributed by atoms with Crippen LogP contribution in [0.1, 0.15) is 103 Å². The normalized spacial score (nSPS) is 13.8. The van der Waals surface area contributed by atoms with Crippen LogP contribution in [0.4, 0.5) is 28.6 Å². The molecule has 4 aromatic rings. The average Bonchev–Trinajstić information content (AvgIpc) is 3.20. The molecule has 0 radical (unpaired) electrons. The number of ketones is 1. The highest BCUT2D eigenvalue weighted by Gasteiger charge is 2.41. The van der Waals surface area contributed by atoms with Crippen molar-refractivity contribution in [2.24, 2.45) is 0 Å². The van der Waals surface area contributed by atoms with Crippen LogP contribution in [-0.4, -0.2) is 66.2 Å². The number of quaternary nitrogens is 1. The molecule has 17 heteroatoms. The third kappa shape index (κ3) is 12.0. The molecule has 1 N–H and O–H groups in total. The van der Waals surface area contributed by atoms with Gasteiger partial charge < -0.3 is 46.1 Å². The second-order valence-electron chi connectivity index (χ2n) is 14.4. The number of fused-ring (bicyclic) bond motifs is 4. The lowest BCUT2D eigenvalue weighted by Crippen LogP contribution is -3.12. The lowest BCUT2D eigenvalue weighted by molar-refractivity contribution is -0.900. The summed E-state index contributed by atoms with van der Waals surface area (Å²) in [6.07, 6.45) is 10.8.